The van der Waals surface area contributed by atoms with E-state index in [1.807, 2.05) is 0 Å². The van der Waals surface area contributed by atoms with Crippen molar-refractivity contribution in [3.8, 4) is 11.5 Å². The van der Waals surface area contributed by atoms with Gasteiger partial charge in [0.2, 0.25) is 0 Å². The fourth-order valence-electron chi connectivity index (χ4n) is 3.66. The third kappa shape index (κ3) is 5.53. The lowest BCUT2D eigenvalue weighted by molar-refractivity contribution is 0.0506. The predicted molar refractivity (Wildman–Crippen MR) is 122 cm³/mol. The molecule has 2 rings (SSSR count). The maximum absolute atomic E-state index is 6.04. The van der Waals surface area contributed by atoms with E-state index < -0.39 is 8.24 Å². The third-order valence-corrected chi connectivity index (χ3v) is 6.42. The highest BCUT2D eigenvalue weighted by Gasteiger charge is 2.32. The molecule has 0 bridgehead atoms. The fraction of sp³-hybridized carbons (Fsp3) is 0.478. The number of hydrogen-bond acceptors (Lipinski definition) is 5. The molecule has 0 saturated carbocycles. The summed E-state index contributed by atoms with van der Waals surface area (Å²) < 4.78 is 24.9. The van der Waals surface area contributed by atoms with Gasteiger partial charge in [0.05, 0.1) is 11.4 Å². The molecule has 160 valence electrons. The molecule has 29 heavy (non-hydrogen) atoms. The van der Waals surface area contributed by atoms with Gasteiger partial charge in [0, 0.05) is 14.2 Å². The summed E-state index contributed by atoms with van der Waals surface area (Å²) in [6.45, 7) is 15.8. The first-order chi connectivity index (χ1) is 13.6. The monoisotopic (exact) mass is 417 g/mol. The Bertz CT molecular complexity index is 782. The van der Waals surface area contributed by atoms with Crippen LogP contribution in [0.3, 0.4) is 0 Å². The molecule has 5 nitrogen and oxygen atoms in total. The van der Waals surface area contributed by atoms with Crippen LogP contribution in [-0.2, 0) is 9.47 Å². The van der Waals surface area contributed by atoms with Crippen molar-refractivity contribution >= 4 is 19.6 Å². The second-order valence-corrected chi connectivity index (χ2v) is 13.3. The molecule has 0 unspecified atom stereocenters. The molecule has 0 amide bonds. The minimum absolute atomic E-state index is 0.205. The van der Waals surface area contributed by atoms with Crippen LogP contribution in [0.15, 0.2) is 24.3 Å². The fourth-order valence-corrected chi connectivity index (χ4v) is 5.44. The summed E-state index contributed by atoms with van der Waals surface area (Å²) in [6.07, 6.45) is 0. The number of benzene rings is 2. The zero-order valence-electron chi connectivity index (χ0n) is 19.3. The van der Waals surface area contributed by atoms with Crippen molar-refractivity contribution in [2.75, 3.05) is 32.4 Å². The summed E-state index contributed by atoms with van der Waals surface area (Å²) in [5.74, 6) is 1.69. The van der Waals surface area contributed by atoms with Gasteiger partial charge in [-0.05, 0) is 62.1 Å². The molecular weight excluding hydrogens is 382 g/mol. The van der Waals surface area contributed by atoms with Crippen LogP contribution in [0.4, 0.5) is 11.4 Å². The molecule has 0 saturated heterocycles. The molecule has 0 fully saturated rings. The van der Waals surface area contributed by atoms with Crippen LogP contribution in [0.1, 0.15) is 22.3 Å². The summed E-state index contributed by atoms with van der Waals surface area (Å²) in [6, 6.07) is 8.66. The normalized spacial score (nSPS) is 11.5. The van der Waals surface area contributed by atoms with Crippen LogP contribution < -0.4 is 14.0 Å². The molecule has 0 aliphatic carbocycles. The van der Waals surface area contributed by atoms with E-state index in [-0.39, 0.29) is 13.6 Å². The topological polar surface area (TPSA) is 40.2 Å². The standard InChI is InChI=1S/C23H35NO4Si/c1-16-10-18(3)22(27-14-25-5)20(12-16)24(29(7,8)9)21-13-17(2)11-19(4)23(21)28-15-26-6/h10-13H,14-15H2,1-9H3. The predicted octanol–water partition coefficient (Wildman–Crippen LogP) is 5.86. The Morgan fingerprint density at radius 3 is 1.38 bits per heavy atom. The zero-order chi connectivity index (χ0) is 21.8. The summed E-state index contributed by atoms with van der Waals surface area (Å²) in [5.41, 5.74) is 6.65. The molecule has 6 heteroatoms. The van der Waals surface area contributed by atoms with Gasteiger partial charge in [-0.3, -0.25) is 0 Å². The minimum atomic E-state index is -1.91. The van der Waals surface area contributed by atoms with E-state index in [1.54, 1.807) is 14.2 Å². The van der Waals surface area contributed by atoms with Gasteiger partial charge in [-0.1, -0.05) is 31.8 Å². The zero-order valence-corrected chi connectivity index (χ0v) is 20.3. The van der Waals surface area contributed by atoms with Gasteiger partial charge < -0.3 is 23.5 Å². The SMILES string of the molecule is COCOc1c(C)cc(C)cc1N(c1cc(C)cc(C)c1OCOC)[Si](C)(C)C. The highest BCUT2D eigenvalue weighted by atomic mass is 28.3. The summed E-state index contributed by atoms with van der Waals surface area (Å²) in [4.78, 5) is 0. The van der Waals surface area contributed by atoms with Crippen molar-refractivity contribution in [1.82, 2.24) is 0 Å². The Morgan fingerprint density at radius 1 is 0.690 bits per heavy atom. The van der Waals surface area contributed by atoms with Gasteiger partial charge in [0.15, 0.2) is 21.8 Å². The molecule has 0 aromatic heterocycles. The van der Waals surface area contributed by atoms with E-state index in [0.717, 1.165) is 34.0 Å². The molecule has 2 aromatic rings. The number of ether oxygens (including phenoxy) is 4. The number of methoxy groups -OCH3 is 2. The second-order valence-electron chi connectivity index (χ2n) is 8.47. The molecule has 0 aliphatic heterocycles. The lowest BCUT2D eigenvalue weighted by atomic mass is 10.1. The van der Waals surface area contributed by atoms with Gasteiger partial charge in [-0.2, -0.15) is 0 Å². The number of hydrogen-bond donors (Lipinski definition) is 0. The Labute approximate surface area is 176 Å². The van der Waals surface area contributed by atoms with E-state index in [9.17, 15) is 0 Å². The van der Waals surface area contributed by atoms with Crippen molar-refractivity contribution in [2.24, 2.45) is 0 Å². The number of nitrogens with zero attached hydrogens (tertiary/aromatic N) is 1. The first-order valence-corrected chi connectivity index (χ1v) is 13.3. The minimum Gasteiger partial charge on any atom is -0.465 e. The van der Waals surface area contributed by atoms with Crippen molar-refractivity contribution in [3.63, 3.8) is 0 Å². The maximum Gasteiger partial charge on any atom is 0.188 e. The molecule has 0 aliphatic rings. The Morgan fingerprint density at radius 2 is 1.07 bits per heavy atom. The first kappa shape index (κ1) is 23.3. The molecule has 0 atom stereocenters. The largest absolute Gasteiger partial charge is 0.465 e. The van der Waals surface area contributed by atoms with Crippen LogP contribution in [0.25, 0.3) is 0 Å². The molecule has 0 heterocycles. The average Bonchev–Trinajstić information content (AvgIpc) is 2.59. The summed E-state index contributed by atoms with van der Waals surface area (Å²) in [7, 11) is 1.37. The number of aryl methyl sites for hydroxylation is 4. The third-order valence-electron chi connectivity index (χ3n) is 4.59. The van der Waals surface area contributed by atoms with Crippen molar-refractivity contribution < 1.29 is 18.9 Å². The van der Waals surface area contributed by atoms with E-state index in [4.69, 9.17) is 18.9 Å². The Hall–Kier alpha value is -2.02. The smallest absolute Gasteiger partial charge is 0.188 e. The molecular formula is C23H35NO4Si. The molecule has 2 aromatic carbocycles. The summed E-state index contributed by atoms with van der Waals surface area (Å²) >= 11 is 0. The first-order valence-electron chi connectivity index (χ1n) is 9.86. The Balaban J connectivity index is 2.79. The van der Waals surface area contributed by atoms with E-state index in [0.29, 0.717) is 0 Å². The van der Waals surface area contributed by atoms with E-state index in [1.165, 1.54) is 11.1 Å². The van der Waals surface area contributed by atoms with Gasteiger partial charge in [0.1, 0.15) is 11.5 Å². The van der Waals surface area contributed by atoms with Gasteiger partial charge in [-0.25, -0.2) is 0 Å². The lowest BCUT2D eigenvalue weighted by Crippen LogP contribution is -2.43. The molecule has 0 spiro atoms. The van der Waals surface area contributed by atoms with Crippen LogP contribution in [-0.4, -0.2) is 36.0 Å². The van der Waals surface area contributed by atoms with E-state index in [2.05, 4.69) is 76.2 Å². The maximum atomic E-state index is 6.04. The highest BCUT2D eigenvalue weighted by molar-refractivity contribution is 6.81. The van der Waals surface area contributed by atoms with Crippen LogP contribution in [0.5, 0.6) is 11.5 Å². The van der Waals surface area contributed by atoms with Crippen molar-refractivity contribution in [3.05, 3.63) is 46.5 Å². The number of rotatable bonds is 9. The van der Waals surface area contributed by atoms with Crippen molar-refractivity contribution in [1.29, 1.82) is 0 Å². The van der Waals surface area contributed by atoms with Crippen LogP contribution in [0, 0.1) is 27.7 Å². The highest BCUT2D eigenvalue weighted by Crippen LogP contribution is 2.45. The summed E-state index contributed by atoms with van der Waals surface area (Å²) in [5, 5.41) is 0. The lowest BCUT2D eigenvalue weighted by Gasteiger charge is -2.39. The van der Waals surface area contributed by atoms with Crippen molar-refractivity contribution in [2.45, 2.75) is 47.3 Å². The molecule has 0 N–H and O–H groups in total. The quantitative estimate of drug-likeness (QED) is 0.377. The second kappa shape index (κ2) is 9.65. The number of anilines is 2. The molecule has 0 radical (unpaired) electrons. The van der Waals surface area contributed by atoms with E-state index >= 15 is 0 Å². The Kier molecular flexibility index (Phi) is 7.74. The van der Waals surface area contributed by atoms with Gasteiger partial charge in [-0.15, -0.1) is 0 Å². The van der Waals surface area contributed by atoms with Gasteiger partial charge >= 0.3 is 0 Å². The van der Waals surface area contributed by atoms with Gasteiger partial charge in [0.25, 0.3) is 0 Å². The van der Waals surface area contributed by atoms with Crippen LogP contribution >= 0.6 is 0 Å². The average molecular weight is 418 g/mol. The van der Waals surface area contributed by atoms with Crippen LogP contribution in [0.2, 0.25) is 19.6 Å².